The largest absolute Gasteiger partial charge is 0.465 e. The lowest BCUT2D eigenvalue weighted by Gasteiger charge is -2.27. The molecule has 1 aliphatic rings. The van der Waals surface area contributed by atoms with E-state index < -0.39 is 0 Å². The smallest absolute Gasteiger partial charge is 0.117 e. The highest BCUT2D eigenvalue weighted by atomic mass is 16.5. The molecule has 1 saturated heterocycles. The first-order chi connectivity index (χ1) is 10.8. The molecule has 0 radical (unpaired) electrons. The predicted octanol–water partition coefficient (Wildman–Crippen LogP) is 2.71. The fourth-order valence-corrected chi connectivity index (χ4v) is 2.78. The summed E-state index contributed by atoms with van der Waals surface area (Å²) in [5.41, 5.74) is 2.75. The van der Waals surface area contributed by atoms with Crippen molar-refractivity contribution in [1.29, 1.82) is 0 Å². The molecule has 2 heterocycles. The summed E-state index contributed by atoms with van der Waals surface area (Å²) in [6.45, 7) is 8.33. The molecule has 1 aliphatic heterocycles. The number of furan rings is 1. The van der Waals surface area contributed by atoms with Crippen LogP contribution >= 0.6 is 0 Å². The van der Waals surface area contributed by atoms with Gasteiger partial charge in [0.05, 0.1) is 19.8 Å². The molecule has 3 rings (SSSR count). The molecule has 0 amide bonds. The maximum absolute atomic E-state index is 5.59. The third kappa shape index (κ3) is 4.19. The van der Waals surface area contributed by atoms with Gasteiger partial charge in [-0.1, -0.05) is 24.3 Å². The SMILES string of the molecule is Cc1ccc(CNCc2ccccc2CN2CCOCC2)o1. The Morgan fingerprint density at radius 1 is 1.00 bits per heavy atom. The lowest BCUT2D eigenvalue weighted by atomic mass is 10.1. The Labute approximate surface area is 132 Å². The molecule has 22 heavy (non-hydrogen) atoms. The van der Waals surface area contributed by atoms with Gasteiger partial charge in [0.1, 0.15) is 11.5 Å². The molecule has 1 N–H and O–H groups in total. The zero-order valence-corrected chi connectivity index (χ0v) is 13.2. The van der Waals surface area contributed by atoms with Gasteiger partial charge in [0.25, 0.3) is 0 Å². The molecule has 0 bridgehead atoms. The van der Waals surface area contributed by atoms with E-state index in [1.54, 1.807) is 0 Å². The number of hydrogen-bond donors (Lipinski definition) is 1. The van der Waals surface area contributed by atoms with Crippen LogP contribution < -0.4 is 5.32 Å². The second-order valence-corrected chi connectivity index (χ2v) is 5.77. The van der Waals surface area contributed by atoms with Crippen LogP contribution in [0.1, 0.15) is 22.6 Å². The summed E-state index contributed by atoms with van der Waals surface area (Å²) in [4.78, 5) is 2.46. The van der Waals surface area contributed by atoms with Crippen molar-refractivity contribution >= 4 is 0 Å². The third-order valence-electron chi connectivity index (χ3n) is 4.03. The second-order valence-electron chi connectivity index (χ2n) is 5.77. The van der Waals surface area contributed by atoms with E-state index in [4.69, 9.17) is 9.15 Å². The van der Waals surface area contributed by atoms with E-state index in [9.17, 15) is 0 Å². The van der Waals surface area contributed by atoms with Crippen molar-refractivity contribution in [3.63, 3.8) is 0 Å². The normalized spacial score (nSPS) is 16.0. The van der Waals surface area contributed by atoms with Crippen molar-refractivity contribution in [2.75, 3.05) is 26.3 Å². The van der Waals surface area contributed by atoms with E-state index in [0.29, 0.717) is 0 Å². The summed E-state index contributed by atoms with van der Waals surface area (Å²) in [5, 5.41) is 3.47. The number of morpholine rings is 1. The van der Waals surface area contributed by atoms with Crippen LogP contribution in [0.2, 0.25) is 0 Å². The Hall–Kier alpha value is -1.62. The predicted molar refractivity (Wildman–Crippen MR) is 86.5 cm³/mol. The number of aryl methyl sites for hydroxylation is 1. The Morgan fingerprint density at radius 3 is 2.50 bits per heavy atom. The summed E-state index contributed by atoms with van der Waals surface area (Å²) in [6, 6.07) is 12.7. The summed E-state index contributed by atoms with van der Waals surface area (Å²) >= 11 is 0. The van der Waals surface area contributed by atoms with Crippen molar-refractivity contribution in [3.8, 4) is 0 Å². The van der Waals surface area contributed by atoms with Crippen molar-refractivity contribution in [2.24, 2.45) is 0 Å². The Morgan fingerprint density at radius 2 is 1.77 bits per heavy atom. The van der Waals surface area contributed by atoms with Gasteiger partial charge in [0.15, 0.2) is 0 Å². The zero-order chi connectivity index (χ0) is 15.2. The molecule has 1 fully saturated rings. The van der Waals surface area contributed by atoms with Gasteiger partial charge in [-0.25, -0.2) is 0 Å². The Bertz CT molecular complexity index is 588. The first-order valence-electron chi connectivity index (χ1n) is 7.94. The van der Waals surface area contributed by atoms with Crippen LogP contribution in [-0.2, 0) is 24.4 Å². The van der Waals surface area contributed by atoms with Gasteiger partial charge in [0, 0.05) is 26.2 Å². The van der Waals surface area contributed by atoms with Gasteiger partial charge in [0.2, 0.25) is 0 Å². The van der Waals surface area contributed by atoms with E-state index in [0.717, 1.165) is 57.5 Å². The van der Waals surface area contributed by atoms with Crippen molar-refractivity contribution in [3.05, 3.63) is 59.0 Å². The lowest BCUT2D eigenvalue weighted by molar-refractivity contribution is 0.0340. The van der Waals surface area contributed by atoms with Gasteiger partial charge in [-0.05, 0) is 30.2 Å². The van der Waals surface area contributed by atoms with Crippen LogP contribution in [0.4, 0.5) is 0 Å². The molecule has 4 nitrogen and oxygen atoms in total. The van der Waals surface area contributed by atoms with Gasteiger partial charge in [-0.3, -0.25) is 4.90 Å². The Balaban J connectivity index is 1.56. The molecular formula is C18H24N2O2. The minimum absolute atomic E-state index is 0.764. The van der Waals surface area contributed by atoms with Crippen LogP contribution in [0, 0.1) is 6.92 Å². The first kappa shape index (κ1) is 15.3. The maximum Gasteiger partial charge on any atom is 0.117 e. The van der Waals surface area contributed by atoms with Crippen molar-refractivity contribution < 1.29 is 9.15 Å². The van der Waals surface area contributed by atoms with Crippen molar-refractivity contribution in [1.82, 2.24) is 10.2 Å². The van der Waals surface area contributed by atoms with E-state index in [-0.39, 0.29) is 0 Å². The molecule has 4 heteroatoms. The standard InChI is InChI=1S/C18H24N2O2/c1-15-6-7-18(22-15)13-19-12-16-4-2-3-5-17(16)14-20-8-10-21-11-9-20/h2-7,19H,8-14H2,1H3. The molecule has 1 aromatic carbocycles. The maximum atomic E-state index is 5.59. The van der Waals surface area contributed by atoms with E-state index >= 15 is 0 Å². The molecule has 2 aromatic rings. The third-order valence-corrected chi connectivity index (χ3v) is 4.03. The number of hydrogen-bond acceptors (Lipinski definition) is 4. The summed E-state index contributed by atoms with van der Waals surface area (Å²) in [5.74, 6) is 1.95. The minimum atomic E-state index is 0.764. The number of nitrogens with zero attached hydrogens (tertiary/aromatic N) is 1. The molecule has 0 atom stereocenters. The molecule has 1 aromatic heterocycles. The van der Waals surface area contributed by atoms with Gasteiger partial charge < -0.3 is 14.5 Å². The molecule has 118 valence electrons. The van der Waals surface area contributed by atoms with E-state index in [2.05, 4.69) is 34.5 Å². The number of ether oxygens (including phenoxy) is 1. The average Bonchev–Trinajstić information content (AvgIpc) is 2.95. The van der Waals surface area contributed by atoms with Gasteiger partial charge >= 0.3 is 0 Å². The highest BCUT2D eigenvalue weighted by Crippen LogP contribution is 2.13. The lowest BCUT2D eigenvalue weighted by Crippen LogP contribution is -2.36. The quantitative estimate of drug-likeness (QED) is 0.890. The first-order valence-corrected chi connectivity index (χ1v) is 7.94. The fourth-order valence-electron chi connectivity index (χ4n) is 2.78. The Kier molecular flexibility index (Phi) is 5.27. The second kappa shape index (κ2) is 7.58. The summed E-state index contributed by atoms with van der Waals surface area (Å²) in [6.07, 6.45) is 0. The van der Waals surface area contributed by atoms with Crippen molar-refractivity contribution in [2.45, 2.75) is 26.6 Å². The van der Waals surface area contributed by atoms with Crippen LogP contribution in [0.25, 0.3) is 0 Å². The van der Waals surface area contributed by atoms with Crippen LogP contribution in [-0.4, -0.2) is 31.2 Å². The molecule has 0 spiro atoms. The van der Waals surface area contributed by atoms with Gasteiger partial charge in [-0.15, -0.1) is 0 Å². The number of nitrogens with one attached hydrogen (secondary N) is 1. The molecular weight excluding hydrogens is 276 g/mol. The zero-order valence-electron chi connectivity index (χ0n) is 13.2. The fraction of sp³-hybridized carbons (Fsp3) is 0.444. The number of benzene rings is 1. The average molecular weight is 300 g/mol. The topological polar surface area (TPSA) is 37.6 Å². The number of rotatable bonds is 6. The summed E-state index contributed by atoms with van der Waals surface area (Å²) in [7, 11) is 0. The minimum Gasteiger partial charge on any atom is -0.465 e. The molecule has 0 aliphatic carbocycles. The monoisotopic (exact) mass is 300 g/mol. The highest BCUT2D eigenvalue weighted by molar-refractivity contribution is 5.27. The molecule has 0 unspecified atom stereocenters. The van der Waals surface area contributed by atoms with E-state index in [1.807, 2.05) is 19.1 Å². The molecule has 0 saturated carbocycles. The summed E-state index contributed by atoms with van der Waals surface area (Å²) < 4.78 is 11.0. The van der Waals surface area contributed by atoms with Gasteiger partial charge in [-0.2, -0.15) is 0 Å². The van der Waals surface area contributed by atoms with Crippen LogP contribution in [0.5, 0.6) is 0 Å². The van der Waals surface area contributed by atoms with Crippen LogP contribution in [0.3, 0.4) is 0 Å². The highest BCUT2D eigenvalue weighted by Gasteiger charge is 2.12. The van der Waals surface area contributed by atoms with E-state index in [1.165, 1.54) is 11.1 Å². The van der Waals surface area contributed by atoms with Crippen LogP contribution in [0.15, 0.2) is 40.8 Å².